The number of hydrogen-bond donors (Lipinski definition) is 2. The van der Waals surface area contributed by atoms with Crippen molar-refractivity contribution in [2.75, 3.05) is 11.9 Å². The van der Waals surface area contributed by atoms with E-state index in [0.717, 1.165) is 49.8 Å². The molecule has 2 N–H and O–H groups in total. The third kappa shape index (κ3) is 4.37. The molecule has 6 nitrogen and oxygen atoms in total. The lowest BCUT2D eigenvalue weighted by Gasteiger charge is -2.34. The quantitative estimate of drug-likeness (QED) is 0.700. The number of nitrogens with zero attached hydrogens (tertiary/aromatic N) is 1. The Bertz CT molecular complexity index is 725. The Kier molecular flexibility index (Phi) is 6.37. The first-order valence-corrected chi connectivity index (χ1v) is 10.5. The van der Waals surface area contributed by atoms with Crippen molar-refractivity contribution in [3.63, 3.8) is 0 Å². The molecule has 4 amide bonds. The van der Waals surface area contributed by atoms with E-state index in [4.69, 9.17) is 0 Å². The van der Waals surface area contributed by atoms with Crippen LogP contribution in [0.1, 0.15) is 64.4 Å². The molecule has 2 fully saturated rings. The molecule has 6 heteroatoms. The number of nitrogens with one attached hydrogen (secondary N) is 2. The summed E-state index contributed by atoms with van der Waals surface area (Å²) in [6.45, 7) is 3.70. The molecule has 0 aromatic heterocycles. The van der Waals surface area contributed by atoms with Gasteiger partial charge in [0.2, 0.25) is 5.91 Å². The second-order valence-electron chi connectivity index (χ2n) is 8.21. The van der Waals surface area contributed by atoms with Crippen molar-refractivity contribution in [1.82, 2.24) is 10.2 Å². The highest BCUT2D eigenvalue weighted by atomic mass is 16.2. The average molecular weight is 386 g/mol. The van der Waals surface area contributed by atoms with Gasteiger partial charge in [0, 0.05) is 5.69 Å². The SMILES string of the molecule is CCCCc1ccc(NC(=O)CN2C(=O)N[C@@](C)(C3CCCCC3)C2=O)cc1. The highest BCUT2D eigenvalue weighted by molar-refractivity contribution is 6.10. The monoisotopic (exact) mass is 385 g/mol. The van der Waals surface area contributed by atoms with E-state index in [2.05, 4.69) is 17.6 Å². The fourth-order valence-electron chi connectivity index (χ4n) is 4.30. The lowest BCUT2D eigenvalue weighted by molar-refractivity contribution is -0.135. The Balaban J connectivity index is 1.59. The predicted molar refractivity (Wildman–Crippen MR) is 109 cm³/mol. The molecule has 152 valence electrons. The molecule has 1 aliphatic heterocycles. The first-order chi connectivity index (χ1) is 13.4. The van der Waals surface area contributed by atoms with Crippen LogP contribution in [0.3, 0.4) is 0 Å². The second-order valence-corrected chi connectivity index (χ2v) is 8.21. The standard InChI is InChI=1S/C22H31N3O3/c1-3-4-8-16-11-13-18(14-12-16)23-19(26)15-25-20(27)22(2,24-21(25)28)17-9-6-5-7-10-17/h11-14,17H,3-10,15H2,1-2H3,(H,23,26)(H,24,28)/t22-/m0/s1. The average Bonchev–Trinajstić information content (AvgIpc) is 2.92. The molecule has 1 aromatic carbocycles. The largest absolute Gasteiger partial charge is 0.325 e. The van der Waals surface area contributed by atoms with E-state index >= 15 is 0 Å². The van der Waals surface area contributed by atoms with Gasteiger partial charge in [0.15, 0.2) is 0 Å². The first kappa shape index (κ1) is 20.4. The van der Waals surface area contributed by atoms with Crippen LogP contribution in [0, 0.1) is 5.92 Å². The molecule has 1 atom stereocenters. The van der Waals surface area contributed by atoms with Gasteiger partial charge in [-0.15, -0.1) is 0 Å². The molecule has 0 bridgehead atoms. The van der Waals surface area contributed by atoms with E-state index in [-0.39, 0.29) is 24.3 Å². The van der Waals surface area contributed by atoms with Crippen LogP contribution in [0.15, 0.2) is 24.3 Å². The molecule has 1 aromatic rings. The molecule has 1 heterocycles. The first-order valence-electron chi connectivity index (χ1n) is 10.5. The topological polar surface area (TPSA) is 78.5 Å². The molecule has 28 heavy (non-hydrogen) atoms. The van der Waals surface area contributed by atoms with Crippen molar-refractivity contribution in [1.29, 1.82) is 0 Å². The fourth-order valence-corrected chi connectivity index (χ4v) is 4.30. The fraction of sp³-hybridized carbons (Fsp3) is 0.591. The number of carbonyl (C=O) groups excluding carboxylic acids is 3. The van der Waals surface area contributed by atoms with Crippen LogP contribution >= 0.6 is 0 Å². The van der Waals surface area contributed by atoms with Crippen LogP contribution < -0.4 is 10.6 Å². The lowest BCUT2D eigenvalue weighted by Crippen LogP contribution is -2.51. The van der Waals surface area contributed by atoms with Crippen molar-refractivity contribution in [3.05, 3.63) is 29.8 Å². The van der Waals surface area contributed by atoms with Gasteiger partial charge >= 0.3 is 6.03 Å². The number of anilines is 1. The minimum Gasteiger partial charge on any atom is -0.325 e. The molecule has 1 saturated heterocycles. The number of benzene rings is 1. The predicted octanol–water partition coefficient (Wildman–Crippen LogP) is 3.86. The Morgan fingerprint density at radius 1 is 1.18 bits per heavy atom. The van der Waals surface area contributed by atoms with Gasteiger partial charge in [-0.2, -0.15) is 0 Å². The maximum atomic E-state index is 12.9. The number of rotatable bonds is 7. The van der Waals surface area contributed by atoms with Gasteiger partial charge in [0.25, 0.3) is 5.91 Å². The highest BCUT2D eigenvalue weighted by Gasteiger charge is 2.52. The Morgan fingerprint density at radius 3 is 2.50 bits per heavy atom. The number of urea groups is 1. The summed E-state index contributed by atoms with van der Waals surface area (Å²) < 4.78 is 0. The van der Waals surface area contributed by atoms with Crippen molar-refractivity contribution >= 4 is 23.5 Å². The van der Waals surface area contributed by atoms with Crippen LogP contribution in [0.5, 0.6) is 0 Å². The smallest absolute Gasteiger partial charge is 0.325 e. The number of unbranched alkanes of at least 4 members (excludes halogenated alkanes) is 1. The molecule has 0 spiro atoms. The van der Waals surface area contributed by atoms with Gasteiger partial charge in [-0.3, -0.25) is 14.5 Å². The van der Waals surface area contributed by atoms with Gasteiger partial charge in [0.05, 0.1) is 0 Å². The Morgan fingerprint density at radius 2 is 1.86 bits per heavy atom. The third-order valence-electron chi connectivity index (χ3n) is 6.08. The zero-order chi connectivity index (χ0) is 20.1. The zero-order valence-corrected chi connectivity index (χ0v) is 16.9. The Labute approximate surface area is 167 Å². The van der Waals surface area contributed by atoms with Gasteiger partial charge in [-0.25, -0.2) is 4.79 Å². The molecule has 2 aliphatic rings. The van der Waals surface area contributed by atoms with Gasteiger partial charge in [0.1, 0.15) is 12.1 Å². The van der Waals surface area contributed by atoms with Crippen molar-refractivity contribution < 1.29 is 14.4 Å². The summed E-state index contributed by atoms with van der Waals surface area (Å²) in [5.41, 5.74) is 1.02. The summed E-state index contributed by atoms with van der Waals surface area (Å²) in [6, 6.07) is 7.25. The molecular weight excluding hydrogens is 354 g/mol. The van der Waals surface area contributed by atoms with Gasteiger partial charge in [-0.1, -0.05) is 44.7 Å². The third-order valence-corrected chi connectivity index (χ3v) is 6.08. The number of aryl methyl sites for hydroxylation is 1. The van der Waals surface area contributed by atoms with Crippen molar-refractivity contribution in [2.24, 2.45) is 5.92 Å². The van der Waals surface area contributed by atoms with E-state index in [1.807, 2.05) is 24.3 Å². The molecular formula is C22H31N3O3. The summed E-state index contributed by atoms with van der Waals surface area (Å²) in [5.74, 6) is -0.506. The number of amides is 4. The van der Waals surface area contributed by atoms with E-state index in [1.165, 1.54) is 12.0 Å². The van der Waals surface area contributed by atoms with Crippen LogP contribution in [0.2, 0.25) is 0 Å². The molecule has 3 rings (SSSR count). The van der Waals surface area contributed by atoms with E-state index < -0.39 is 11.6 Å². The summed E-state index contributed by atoms with van der Waals surface area (Å²) in [7, 11) is 0. The maximum absolute atomic E-state index is 12.9. The number of imide groups is 1. The molecule has 1 aliphatic carbocycles. The van der Waals surface area contributed by atoms with Crippen molar-refractivity contribution in [2.45, 2.75) is 70.8 Å². The zero-order valence-electron chi connectivity index (χ0n) is 16.9. The van der Waals surface area contributed by atoms with E-state index in [9.17, 15) is 14.4 Å². The summed E-state index contributed by atoms with van der Waals surface area (Å²) >= 11 is 0. The maximum Gasteiger partial charge on any atom is 0.325 e. The number of carbonyl (C=O) groups is 3. The summed E-state index contributed by atoms with van der Waals surface area (Å²) in [6.07, 6.45) is 8.52. The Hall–Kier alpha value is -2.37. The normalized spacial score (nSPS) is 23.0. The van der Waals surface area contributed by atoms with Crippen LogP contribution in [0.4, 0.5) is 10.5 Å². The molecule has 1 saturated carbocycles. The molecule has 0 unspecified atom stereocenters. The lowest BCUT2D eigenvalue weighted by atomic mass is 9.75. The second kappa shape index (κ2) is 8.76. The summed E-state index contributed by atoms with van der Waals surface area (Å²) in [5, 5.41) is 5.64. The van der Waals surface area contributed by atoms with Gasteiger partial charge < -0.3 is 10.6 Å². The van der Waals surface area contributed by atoms with Crippen LogP contribution in [0.25, 0.3) is 0 Å². The van der Waals surface area contributed by atoms with Crippen LogP contribution in [-0.4, -0.2) is 34.8 Å². The minimum absolute atomic E-state index is 0.140. The van der Waals surface area contributed by atoms with Crippen LogP contribution in [-0.2, 0) is 16.0 Å². The highest BCUT2D eigenvalue weighted by Crippen LogP contribution is 2.36. The van der Waals surface area contributed by atoms with E-state index in [0.29, 0.717) is 5.69 Å². The number of hydrogen-bond acceptors (Lipinski definition) is 3. The van der Waals surface area contributed by atoms with Gasteiger partial charge in [-0.05, 0) is 56.2 Å². The van der Waals surface area contributed by atoms with E-state index in [1.54, 1.807) is 6.92 Å². The van der Waals surface area contributed by atoms with Crippen molar-refractivity contribution in [3.8, 4) is 0 Å². The minimum atomic E-state index is -0.890. The molecule has 0 radical (unpaired) electrons. The summed E-state index contributed by atoms with van der Waals surface area (Å²) in [4.78, 5) is 38.8.